The molecule has 5 nitrogen and oxygen atoms in total. The number of hydrogen-bond donors (Lipinski definition) is 0. The Hall–Kier alpha value is -1.57. The molecule has 0 amide bonds. The average Bonchev–Trinajstić information content (AvgIpc) is 2.93. The first-order chi connectivity index (χ1) is 9.47. The largest absolute Gasteiger partial charge is 0.256 e. The molecule has 0 saturated heterocycles. The van der Waals surface area contributed by atoms with E-state index in [0.717, 1.165) is 4.09 Å². The van der Waals surface area contributed by atoms with Crippen molar-refractivity contribution in [2.75, 3.05) is 5.75 Å². The lowest BCUT2D eigenvalue weighted by Gasteiger charge is -2.09. The molecular formula is C12H13F2N3O2S. The predicted molar refractivity (Wildman–Crippen MR) is 69.2 cm³/mol. The highest BCUT2D eigenvalue weighted by atomic mass is 32.2. The number of nitrogens with zero attached hydrogens (tertiary/aromatic N) is 3. The number of para-hydroxylation sites is 1. The summed E-state index contributed by atoms with van der Waals surface area (Å²) in [6.45, 7) is 0. The van der Waals surface area contributed by atoms with Crippen LogP contribution in [-0.4, -0.2) is 40.9 Å². The van der Waals surface area contributed by atoms with E-state index in [2.05, 4.69) is 10.3 Å². The minimum Gasteiger partial charge on any atom is -0.244 e. The van der Waals surface area contributed by atoms with E-state index in [1.165, 1.54) is 0 Å². The molecule has 0 spiro atoms. The molecule has 20 heavy (non-hydrogen) atoms. The first-order valence-electron chi connectivity index (χ1n) is 6.29. The Kier molecular flexibility index (Phi) is 3.19. The van der Waals surface area contributed by atoms with Crippen LogP contribution in [0.5, 0.6) is 0 Å². The maximum absolute atomic E-state index is 13.1. The molecule has 1 aromatic carbocycles. The highest BCUT2D eigenvalue weighted by Crippen LogP contribution is 2.32. The van der Waals surface area contributed by atoms with Crippen LogP contribution in [0, 0.1) is 5.92 Å². The van der Waals surface area contributed by atoms with Crippen LogP contribution in [0.3, 0.4) is 0 Å². The smallest absolute Gasteiger partial charge is 0.244 e. The summed E-state index contributed by atoms with van der Waals surface area (Å²) in [4.78, 5) is 0. The molecule has 1 aromatic heterocycles. The Labute approximate surface area is 114 Å². The minimum atomic E-state index is -3.76. The maximum Gasteiger partial charge on any atom is 0.256 e. The second-order valence-corrected chi connectivity index (χ2v) is 6.91. The molecule has 2 aromatic rings. The fourth-order valence-electron chi connectivity index (χ4n) is 2.59. The van der Waals surface area contributed by atoms with E-state index in [0.29, 0.717) is 11.0 Å². The lowest BCUT2D eigenvalue weighted by Crippen LogP contribution is -2.22. The first-order valence-corrected chi connectivity index (χ1v) is 7.90. The van der Waals surface area contributed by atoms with E-state index in [1.54, 1.807) is 24.3 Å². The van der Waals surface area contributed by atoms with Crippen molar-refractivity contribution in [2.45, 2.75) is 25.2 Å². The molecule has 1 fully saturated rings. The van der Waals surface area contributed by atoms with E-state index in [1.807, 2.05) is 0 Å². The number of hydrogen-bond acceptors (Lipinski definition) is 4. The minimum absolute atomic E-state index is 0.0625. The summed E-state index contributed by atoms with van der Waals surface area (Å²) in [5.41, 5.74) is 0.841. The molecule has 3 rings (SSSR count). The molecular weight excluding hydrogens is 288 g/mol. The van der Waals surface area contributed by atoms with Crippen molar-refractivity contribution >= 4 is 21.1 Å². The Balaban J connectivity index is 1.89. The molecule has 1 aliphatic carbocycles. The quantitative estimate of drug-likeness (QED) is 0.865. The van der Waals surface area contributed by atoms with Gasteiger partial charge in [0.05, 0.1) is 5.75 Å². The number of halogens is 2. The second kappa shape index (κ2) is 4.76. The van der Waals surface area contributed by atoms with Crippen LogP contribution in [-0.2, 0) is 10.0 Å². The van der Waals surface area contributed by atoms with Crippen LogP contribution in [0.4, 0.5) is 8.78 Å². The summed E-state index contributed by atoms with van der Waals surface area (Å²) in [5, 5.41) is 7.41. The van der Waals surface area contributed by atoms with Crippen molar-refractivity contribution in [2.24, 2.45) is 5.92 Å². The average molecular weight is 301 g/mol. The standard InChI is InChI=1S/C12H13F2N3O2S/c13-9-5-8(6-10(9)14)7-20(18,19)17-12-4-2-1-3-11(12)15-16-17/h1-4,8-10H,5-7H2/t8?,9-,10+. The van der Waals surface area contributed by atoms with Gasteiger partial charge in [-0.25, -0.2) is 17.2 Å². The van der Waals surface area contributed by atoms with Crippen molar-refractivity contribution in [1.29, 1.82) is 0 Å². The zero-order valence-corrected chi connectivity index (χ0v) is 11.3. The zero-order chi connectivity index (χ0) is 14.3. The van der Waals surface area contributed by atoms with Gasteiger partial charge in [-0.15, -0.1) is 9.19 Å². The van der Waals surface area contributed by atoms with Gasteiger partial charge >= 0.3 is 0 Å². The SMILES string of the molecule is O=S(=O)(CC1C[C@@H](F)[C@@H](F)C1)n1nnc2ccccc21. The van der Waals surface area contributed by atoms with Gasteiger partial charge in [0.15, 0.2) is 0 Å². The fourth-order valence-corrected chi connectivity index (χ4v) is 4.20. The van der Waals surface area contributed by atoms with Gasteiger partial charge in [-0.1, -0.05) is 17.3 Å². The normalized spacial score (nSPS) is 27.2. The number of rotatable bonds is 3. The maximum atomic E-state index is 13.1. The van der Waals surface area contributed by atoms with Crippen LogP contribution in [0.2, 0.25) is 0 Å². The van der Waals surface area contributed by atoms with Gasteiger partial charge in [0.25, 0.3) is 10.0 Å². The molecule has 0 aliphatic heterocycles. The van der Waals surface area contributed by atoms with Crippen LogP contribution < -0.4 is 0 Å². The van der Waals surface area contributed by atoms with E-state index < -0.39 is 28.3 Å². The number of aromatic nitrogens is 3. The van der Waals surface area contributed by atoms with Gasteiger partial charge in [0, 0.05) is 0 Å². The Morgan fingerprint density at radius 2 is 1.85 bits per heavy atom. The Morgan fingerprint density at radius 1 is 1.20 bits per heavy atom. The molecule has 1 aliphatic rings. The third-order valence-electron chi connectivity index (χ3n) is 3.54. The summed E-state index contributed by atoms with van der Waals surface area (Å²) in [6, 6.07) is 6.66. The monoisotopic (exact) mass is 301 g/mol. The van der Waals surface area contributed by atoms with Gasteiger partial charge in [-0.2, -0.15) is 0 Å². The van der Waals surface area contributed by atoms with Crippen molar-refractivity contribution in [3.05, 3.63) is 24.3 Å². The van der Waals surface area contributed by atoms with Crippen molar-refractivity contribution < 1.29 is 17.2 Å². The van der Waals surface area contributed by atoms with E-state index in [-0.39, 0.29) is 18.6 Å². The van der Waals surface area contributed by atoms with Crippen LogP contribution in [0.1, 0.15) is 12.8 Å². The van der Waals surface area contributed by atoms with Crippen molar-refractivity contribution in [3.8, 4) is 0 Å². The highest BCUT2D eigenvalue weighted by molar-refractivity contribution is 7.89. The topological polar surface area (TPSA) is 64.8 Å². The lowest BCUT2D eigenvalue weighted by molar-refractivity contribution is 0.199. The molecule has 0 N–H and O–H groups in total. The Bertz CT molecular complexity index is 721. The fraction of sp³-hybridized carbons (Fsp3) is 0.500. The van der Waals surface area contributed by atoms with Gasteiger partial charge in [0.2, 0.25) is 0 Å². The molecule has 0 radical (unpaired) electrons. The van der Waals surface area contributed by atoms with E-state index in [9.17, 15) is 17.2 Å². The third-order valence-corrected chi connectivity index (χ3v) is 5.23. The van der Waals surface area contributed by atoms with Crippen molar-refractivity contribution in [3.63, 3.8) is 0 Å². The number of alkyl halides is 2. The number of benzene rings is 1. The summed E-state index contributed by atoms with van der Waals surface area (Å²) in [6.07, 6.45) is -3.26. The third kappa shape index (κ3) is 2.28. The van der Waals surface area contributed by atoms with Crippen molar-refractivity contribution in [1.82, 2.24) is 14.4 Å². The van der Waals surface area contributed by atoms with Crippen LogP contribution in [0.25, 0.3) is 11.0 Å². The zero-order valence-electron chi connectivity index (χ0n) is 10.5. The van der Waals surface area contributed by atoms with Gasteiger partial charge in [-0.05, 0) is 30.9 Å². The second-order valence-electron chi connectivity index (χ2n) is 5.07. The highest BCUT2D eigenvalue weighted by Gasteiger charge is 2.37. The molecule has 1 saturated carbocycles. The van der Waals surface area contributed by atoms with Gasteiger partial charge in [-0.3, -0.25) is 0 Å². The molecule has 3 atom stereocenters. The van der Waals surface area contributed by atoms with Crippen LogP contribution in [0.15, 0.2) is 24.3 Å². The summed E-state index contributed by atoms with van der Waals surface area (Å²) < 4.78 is 51.7. The first kappa shape index (κ1) is 13.4. The Morgan fingerprint density at radius 3 is 2.55 bits per heavy atom. The summed E-state index contributed by atoms with van der Waals surface area (Å²) in [7, 11) is -3.76. The molecule has 1 heterocycles. The van der Waals surface area contributed by atoms with E-state index in [4.69, 9.17) is 0 Å². The van der Waals surface area contributed by atoms with Gasteiger partial charge in [0.1, 0.15) is 23.4 Å². The van der Waals surface area contributed by atoms with E-state index >= 15 is 0 Å². The van der Waals surface area contributed by atoms with Crippen LogP contribution >= 0.6 is 0 Å². The summed E-state index contributed by atoms with van der Waals surface area (Å²) >= 11 is 0. The lowest BCUT2D eigenvalue weighted by atomic mass is 10.1. The molecule has 8 heteroatoms. The predicted octanol–water partition coefficient (Wildman–Crippen LogP) is 1.70. The molecule has 1 unspecified atom stereocenters. The van der Waals surface area contributed by atoms with Gasteiger partial charge < -0.3 is 0 Å². The summed E-state index contributed by atoms with van der Waals surface area (Å²) in [5.74, 6) is -0.839. The number of fused-ring (bicyclic) bond motifs is 1. The molecule has 0 bridgehead atoms. The molecule has 108 valence electrons.